The van der Waals surface area contributed by atoms with Gasteiger partial charge in [-0.1, -0.05) is 12.2 Å². The number of hydrogen-bond acceptors (Lipinski definition) is 3. The molecule has 0 radical (unpaired) electrons. The summed E-state index contributed by atoms with van der Waals surface area (Å²) in [5.41, 5.74) is 1.23. The molecule has 1 heterocycles. The summed E-state index contributed by atoms with van der Waals surface area (Å²) in [5, 5.41) is 6.89. The molecule has 2 nitrogen and oxygen atoms in total. The molecule has 15 heavy (non-hydrogen) atoms. The van der Waals surface area contributed by atoms with E-state index in [1.807, 2.05) is 0 Å². The van der Waals surface area contributed by atoms with Crippen LogP contribution in [0.15, 0.2) is 17.5 Å². The topological polar surface area (TPSA) is 24.9 Å². The maximum Gasteiger partial charge on any atom is 0.0897 e. The Bertz CT molecular complexity index is 330. The van der Waals surface area contributed by atoms with E-state index in [4.69, 9.17) is 0 Å². The monoisotopic (exact) mass is 222 g/mol. The number of hydrogen-bond donors (Lipinski definition) is 1. The van der Waals surface area contributed by atoms with Crippen molar-refractivity contribution >= 4 is 11.3 Å². The predicted molar refractivity (Wildman–Crippen MR) is 65.3 cm³/mol. The van der Waals surface area contributed by atoms with Crippen molar-refractivity contribution in [2.24, 2.45) is 0 Å². The van der Waals surface area contributed by atoms with Crippen LogP contribution < -0.4 is 5.32 Å². The van der Waals surface area contributed by atoms with Crippen LogP contribution in [0.2, 0.25) is 0 Å². The second-order valence-electron chi connectivity index (χ2n) is 4.03. The van der Waals surface area contributed by atoms with Gasteiger partial charge in [0, 0.05) is 24.4 Å². The quantitative estimate of drug-likeness (QED) is 0.792. The van der Waals surface area contributed by atoms with Crippen LogP contribution in [0, 0.1) is 6.92 Å². The molecular formula is C12H18N2S. The van der Waals surface area contributed by atoms with Crippen molar-refractivity contribution in [2.45, 2.75) is 38.6 Å². The summed E-state index contributed by atoms with van der Waals surface area (Å²) in [4.78, 5) is 4.45. The zero-order valence-electron chi connectivity index (χ0n) is 9.20. The van der Waals surface area contributed by atoms with E-state index in [0.29, 0.717) is 6.04 Å². The van der Waals surface area contributed by atoms with Gasteiger partial charge in [-0.25, -0.2) is 4.98 Å². The van der Waals surface area contributed by atoms with E-state index in [0.717, 1.165) is 13.0 Å². The average Bonchev–Trinajstić information content (AvgIpc) is 2.66. The van der Waals surface area contributed by atoms with Gasteiger partial charge >= 0.3 is 0 Å². The molecule has 82 valence electrons. The Hall–Kier alpha value is -0.670. The molecule has 1 aliphatic carbocycles. The minimum atomic E-state index is 0.596. The maximum absolute atomic E-state index is 4.45. The molecule has 0 saturated heterocycles. The zero-order valence-corrected chi connectivity index (χ0v) is 10.0. The van der Waals surface area contributed by atoms with Crippen LogP contribution in [0.4, 0.5) is 0 Å². The molecule has 0 saturated carbocycles. The van der Waals surface area contributed by atoms with Crippen molar-refractivity contribution < 1.29 is 0 Å². The van der Waals surface area contributed by atoms with Crippen molar-refractivity contribution in [1.29, 1.82) is 0 Å². The van der Waals surface area contributed by atoms with Gasteiger partial charge in [0.2, 0.25) is 0 Å². The highest BCUT2D eigenvalue weighted by molar-refractivity contribution is 7.09. The fourth-order valence-corrected chi connectivity index (χ4v) is 2.54. The second-order valence-corrected chi connectivity index (χ2v) is 5.09. The van der Waals surface area contributed by atoms with Gasteiger partial charge in [-0.2, -0.15) is 0 Å². The minimum absolute atomic E-state index is 0.596. The van der Waals surface area contributed by atoms with Crippen LogP contribution in [0.5, 0.6) is 0 Å². The number of aromatic nitrogens is 1. The molecule has 1 N–H and O–H groups in total. The first kappa shape index (κ1) is 10.8. The summed E-state index contributed by atoms with van der Waals surface area (Å²) in [5.74, 6) is 0. The predicted octanol–water partition coefficient (Wildman–Crippen LogP) is 2.69. The molecule has 0 aromatic carbocycles. The van der Waals surface area contributed by atoms with E-state index in [1.165, 1.54) is 30.0 Å². The fraction of sp³-hybridized carbons (Fsp3) is 0.583. The molecule has 1 aromatic rings. The third-order valence-electron chi connectivity index (χ3n) is 2.71. The summed E-state index contributed by atoms with van der Waals surface area (Å²) in [6.45, 7) is 3.10. The molecule has 0 bridgehead atoms. The first-order valence-electron chi connectivity index (χ1n) is 5.65. The number of nitrogens with one attached hydrogen (secondary N) is 1. The molecular weight excluding hydrogens is 204 g/mol. The Morgan fingerprint density at radius 3 is 3.20 bits per heavy atom. The fourth-order valence-electron chi connectivity index (χ4n) is 1.89. The highest BCUT2D eigenvalue weighted by Gasteiger charge is 2.07. The molecule has 2 rings (SSSR count). The Balaban J connectivity index is 1.70. The number of rotatable bonds is 4. The van der Waals surface area contributed by atoms with Gasteiger partial charge in [0.05, 0.1) is 10.7 Å². The summed E-state index contributed by atoms with van der Waals surface area (Å²) in [6.07, 6.45) is 9.50. The van der Waals surface area contributed by atoms with Gasteiger partial charge in [0.15, 0.2) is 0 Å². The van der Waals surface area contributed by atoms with Gasteiger partial charge < -0.3 is 5.32 Å². The molecule has 1 aliphatic rings. The molecule has 1 aromatic heterocycles. The van der Waals surface area contributed by atoms with Crippen molar-refractivity contribution in [3.8, 4) is 0 Å². The van der Waals surface area contributed by atoms with E-state index in [1.54, 1.807) is 11.3 Å². The lowest BCUT2D eigenvalue weighted by molar-refractivity contribution is 0.524. The van der Waals surface area contributed by atoms with Gasteiger partial charge in [0.25, 0.3) is 0 Å². The van der Waals surface area contributed by atoms with Crippen LogP contribution in [0.3, 0.4) is 0 Å². The molecule has 1 unspecified atom stereocenters. The standard InChI is InChI=1S/C12H18N2S/c1-10-14-12(9-15-10)7-8-13-11-5-3-2-4-6-11/h3,5,9,11,13H,2,4,6-8H2,1H3. The van der Waals surface area contributed by atoms with Crippen LogP contribution in [-0.4, -0.2) is 17.6 Å². The smallest absolute Gasteiger partial charge is 0.0897 e. The summed E-state index contributed by atoms with van der Waals surface area (Å²) in [6, 6.07) is 0.596. The third-order valence-corrected chi connectivity index (χ3v) is 3.53. The Kier molecular flexibility index (Phi) is 3.92. The lowest BCUT2D eigenvalue weighted by Gasteiger charge is -2.17. The minimum Gasteiger partial charge on any atom is -0.310 e. The number of thiazole rings is 1. The van der Waals surface area contributed by atoms with Gasteiger partial charge in [-0.15, -0.1) is 11.3 Å². The van der Waals surface area contributed by atoms with Crippen molar-refractivity contribution in [1.82, 2.24) is 10.3 Å². The van der Waals surface area contributed by atoms with Crippen molar-refractivity contribution in [3.05, 3.63) is 28.2 Å². The first-order valence-corrected chi connectivity index (χ1v) is 6.53. The SMILES string of the molecule is Cc1nc(CCNC2C=CCCC2)cs1. The van der Waals surface area contributed by atoms with Crippen LogP contribution in [-0.2, 0) is 6.42 Å². The van der Waals surface area contributed by atoms with Crippen LogP contribution in [0.1, 0.15) is 30.0 Å². The summed E-state index contributed by atoms with van der Waals surface area (Å²) < 4.78 is 0. The zero-order chi connectivity index (χ0) is 10.5. The molecule has 0 fully saturated rings. The molecule has 0 aliphatic heterocycles. The van der Waals surface area contributed by atoms with E-state index in [2.05, 4.69) is 34.8 Å². The molecule has 0 spiro atoms. The maximum atomic E-state index is 4.45. The second kappa shape index (κ2) is 5.42. The normalized spacial score (nSPS) is 20.7. The van der Waals surface area contributed by atoms with Crippen molar-refractivity contribution in [3.63, 3.8) is 0 Å². The van der Waals surface area contributed by atoms with E-state index >= 15 is 0 Å². The summed E-state index contributed by atoms with van der Waals surface area (Å²) >= 11 is 1.74. The lowest BCUT2D eigenvalue weighted by Crippen LogP contribution is -2.30. The van der Waals surface area contributed by atoms with Gasteiger partial charge in [-0.05, 0) is 26.2 Å². The first-order chi connectivity index (χ1) is 7.34. The highest BCUT2D eigenvalue weighted by atomic mass is 32.1. The Morgan fingerprint density at radius 2 is 2.53 bits per heavy atom. The summed E-state index contributed by atoms with van der Waals surface area (Å²) in [7, 11) is 0. The van der Waals surface area contributed by atoms with Gasteiger partial charge in [-0.3, -0.25) is 0 Å². The highest BCUT2D eigenvalue weighted by Crippen LogP contribution is 2.11. The van der Waals surface area contributed by atoms with E-state index in [-0.39, 0.29) is 0 Å². The molecule has 0 amide bonds. The van der Waals surface area contributed by atoms with E-state index < -0.39 is 0 Å². The van der Waals surface area contributed by atoms with Crippen LogP contribution >= 0.6 is 11.3 Å². The van der Waals surface area contributed by atoms with Crippen molar-refractivity contribution in [2.75, 3.05) is 6.54 Å². The van der Waals surface area contributed by atoms with E-state index in [9.17, 15) is 0 Å². The largest absolute Gasteiger partial charge is 0.310 e. The number of nitrogens with zero attached hydrogens (tertiary/aromatic N) is 1. The number of allylic oxidation sites excluding steroid dienone is 1. The average molecular weight is 222 g/mol. The lowest BCUT2D eigenvalue weighted by atomic mass is 10.0. The Labute approximate surface area is 95.4 Å². The Morgan fingerprint density at radius 1 is 1.60 bits per heavy atom. The molecule has 1 atom stereocenters. The third kappa shape index (κ3) is 3.43. The molecule has 3 heteroatoms. The number of aryl methyl sites for hydroxylation is 1. The van der Waals surface area contributed by atoms with Gasteiger partial charge in [0.1, 0.15) is 0 Å². The van der Waals surface area contributed by atoms with Crippen LogP contribution in [0.25, 0.3) is 0 Å².